The maximum Gasteiger partial charge on any atom is 0.258 e. The number of rotatable bonds is 8. The Labute approximate surface area is 170 Å². The lowest BCUT2D eigenvalue weighted by Crippen LogP contribution is -2.32. The van der Waals surface area contributed by atoms with Crippen molar-refractivity contribution in [2.24, 2.45) is 0 Å². The zero-order valence-corrected chi connectivity index (χ0v) is 17.2. The monoisotopic (exact) mass is 394 g/mol. The summed E-state index contributed by atoms with van der Waals surface area (Å²) in [5, 5.41) is 10.5. The zero-order valence-electron chi connectivity index (χ0n) is 17.2. The molecule has 3 aromatic rings. The van der Waals surface area contributed by atoms with Crippen LogP contribution in [0.4, 0.5) is 5.82 Å². The number of nitrogens with one attached hydrogen (secondary N) is 2. The largest absolute Gasteiger partial charge is 0.484 e. The molecular formula is C21H26N6O2. The molecule has 8 nitrogen and oxygen atoms in total. The fourth-order valence-electron chi connectivity index (χ4n) is 2.92. The van der Waals surface area contributed by atoms with Crippen molar-refractivity contribution in [1.29, 1.82) is 0 Å². The second-order valence-corrected chi connectivity index (χ2v) is 6.83. The number of nitrogens with zero attached hydrogens (tertiary/aromatic N) is 4. The quantitative estimate of drug-likeness (QED) is 0.570. The summed E-state index contributed by atoms with van der Waals surface area (Å²) in [6, 6.07) is 11.5. The van der Waals surface area contributed by atoms with E-state index in [4.69, 9.17) is 4.74 Å². The number of aromatic nitrogens is 4. The van der Waals surface area contributed by atoms with Gasteiger partial charge in [-0.25, -0.2) is 14.6 Å². The number of hydrogen-bond donors (Lipinski definition) is 2. The Balaban J connectivity index is 1.48. The molecule has 0 aliphatic carbocycles. The first-order valence-corrected chi connectivity index (χ1v) is 9.50. The van der Waals surface area contributed by atoms with Crippen LogP contribution in [-0.2, 0) is 4.79 Å². The van der Waals surface area contributed by atoms with Crippen LogP contribution in [0.2, 0.25) is 0 Å². The van der Waals surface area contributed by atoms with Crippen LogP contribution in [0.5, 0.6) is 5.75 Å². The average molecular weight is 394 g/mol. The van der Waals surface area contributed by atoms with E-state index in [0.717, 1.165) is 17.0 Å². The summed E-state index contributed by atoms with van der Waals surface area (Å²) >= 11 is 0. The minimum Gasteiger partial charge on any atom is -0.484 e. The number of para-hydroxylation sites is 1. The van der Waals surface area contributed by atoms with Crippen molar-refractivity contribution in [3.8, 4) is 11.6 Å². The van der Waals surface area contributed by atoms with Crippen molar-refractivity contribution in [2.75, 3.05) is 25.0 Å². The van der Waals surface area contributed by atoms with Gasteiger partial charge in [-0.05, 0) is 45.4 Å². The maximum atomic E-state index is 12.0. The summed E-state index contributed by atoms with van der Waals surface area (Å²) in [6.45, 7) is 8.68. The smallest absolute Gasteiger partial charge is 0.258 e. The molecule has 29 heavy (non-hydrogen) atoms. The predicted octanol–water partition coefficient (Wildman–Crippen LogP) is 2.50. The van der Waals surface area contributed by atoms with Crippen molar-refractivity contribution in [2.45, 2.75) is 27.7 Å². The maximum absolute atomic E-state index is 12.0. The van der Waals surface area contributed by atoms with Crippen LogP contribution in [0.3, 0.4) is 0 Å². The van der Waals surface area contributed by atoms with E-state index < -0.39 is 0 Å². The third kappa shape index (κ3) is 5.54. The number of anilines is 1. The first-order valence-electron chi connectivity index (χ1n) is 9.50. The molecule has 0 aliphatic heterocycles. The number of ether oxygens (including phenoxy) is 1. The average Bonchev–Trinajstić information content (AvgIpc) is 3.02. The number of carbonyl (C=O) groups is 1. The molecule has 0 radical (unpaired) electrons. The molecule has 1 amide bonds. The number of hydrogen-bond acceptors (Lipinski definition) is 6. The van der Waals surface area contributed by atoms with Gasteiger partial charge in [0.05, 0.1) is 5.69 Å². The van der Waals surface area contributed by atoms with Gasteiger partial charge in [-0.15, -0.1) is 0 Å². The van der Waals surface area contributed by atoms with Crippen LogP contribution >= 0.6 is 0 Å². The Morgan fingerprint density at radius 3 is 2.59 bits per heavy atom. The lowest BCUT2D eigenvalue weighted by atomic mass is 10.2. The highest BCUT2D eigenvalue weighted by Crippen LogP contribution is 2.16. The minimum absolute atomic E-state index is 0.0143. The Morgan fingerprint density at radius 2 is 1.86 bits per heavy atom. The van der Waals surface area contributed by atoms with Gasteiger partial charge in [0.15, 0.2) is 12.4 Å². The van der Waals surface area contributed by atoms with Gasteiger partial charge < -0.3 is 15.4 Å². The van der Waals surface area contributed by atoms with Crippen molar-refractivity contribution >= 4 is 11.7 Å². The highest BCUT2D eigenvalue weighted by Gasteiger charge is 2.09. The number of benzene rings is 1. The lowest BCUT2D eigenvalue weighted by molar-refractivity contribution is -0.123. The summed E-state index contributed by atoms with van der Waals surface area (Å²) in [6.07, 6.45) is 0. The van der Waals surface area contributed by atoms with Gasteiger partial charge in [0.1, 0.15) is 17.4 Å². The van der Waals surface area contributed by atoms with E-state index in [1.807, 2.05) is 64.1 Å². The van der Waals surface area contributed by atoms with E-state index in [1.165, 1.54) is 0 Å². The third-order valence-corrected chi connectivity index (χ3v) is 4.26. The predicted molar refractivity (Wildman–Crippen MR) is 112 cm³/mol. The van der Waals surface area contributed by atoms with Gasteiger partial charge >= 0.3 is 0 Å². The van der Waals surface area contributed by atoms with Crippen molar-refractivity contribution in [3.63, 3.8) is 0 Å². The summed E-state index contributed by atoms with van der Waals surface area (Å²) in [5.41, 5.74) is 2.94. The molecule has 0 bridgehead atoms. The lowest BCUT2D eigenvalue weighted by Gasteiger charge is -2.11. The second kappa shape index (κ2) is 9.18. The zero-order chi connectivity index (χ0) is 20.8. The van der Waals surface area contributed by atoms with E-state index >= 15 is 0 Å². The first-order chi connectivity index (χ1) is 13.9. The summed E-state index contributed by atoms with van der Waals surface area (Å²) in [4.78, 5) is 20.8. The fraction of sp³-hybridized carbons (Fsp3) is 0.333. The summed E-state index contributed by atoms with van der Waals surface area (Å²) in [5.74, 6) is 2.59. The van der Waals surface area contributed by atoms with Crippen LogP contribution in [0.15, 0.2) is 36.4 Å². The Hall–Kier alpha value is -3.42. The normalized spacial score (nSPS) is 10.6. The molecule has 152 valence electrons. The molecule has 0 spiro atoms. The van der Waals surface area contributed by atoms with E-state index in [9.17, 15) is 4.79 Å². The van der Waals surface area contributed by atoms with Gasteiger partial charge in [-0.2, -0.15) is 5.10 Å². The summed E-state index contributed by atoms with van der Waals surface area (Å²) in [7, 11) is 0. The van der Waals surface area contributed by atoms with E-state index in [2.05, 4.69) is 25.7 Å². The van der Waals surface area contributed by atoms with Crippen LogP contribution in [0.1, 0.15) is 22.8 Å². The molecule has 1 aromatic carbocycles. The highest BCUT2D eigenvalue weighted by atomic mass is 16.5. The number of aryl methyl sites for hydroxylation is 4. The standard InChI is InChI=1S/C21H26N6O2/c1-14-7-5-6-8-18(14)29-13-21(28)23-10-9-22-19-12-20(25-17(4)24-19)27-16(3)11-15(2)26-27/h5-8,11-12H,9-10,13H2,1-4H3,(H,23,28)(H,22,24,25). The molecule has 3 rings (SSSR count). The Morgan fingerprint density at radius 1 is 1.07 bits per heavy atom. The van der Waals surface area contributed by atoms with E-state index in [1.54, 1.807) is 4.68 Å². The van der Waals surface area contributed by atoms with Gasteiger partial charge in [0, 0.05) is 24.8 Å². The second-order valence-electron chi connectivity index (χ2n) is 6.83. The molecule has 8 heteroatoms. The van der Waals surface area contributed by atoms with E-state index in [0.29, 0.717) is 36.3 Å². The number of amides is 1. The Bertz CT molecular complexity index is 999. The molecule has 0 fully saturated rings. The molecule has 0 atom stereocenters. The highest BCUT2D eigenvalue weighted by molar-refractivity contribution is 5.77. The van der Waals surface area contributed by atoms with Crippen LogP contribution in [0, 0.1) is 27.7 Å². The van der Waals surface area contributed by atoms with Crippen molar-refractivity contribution < 1.29 is 9.53 Å². The molecule has 2 aromatic heterocycles. The van der Waals surface area contributed by atoms with E-state index in [-0.39, 0.29) is 12.5 Å². The first kappa shape index (κ1) is 20.3. The molecule has 0 saturated heterocycles. The van der Waals surface area contributed by atoms with Crippen LogP contribution in [-0.4, -0.2) is 45.4 Å². The molecule has 2 heterocycles. The van der Waals surface area contributed by atoms with Crippen molar-refractivity contribution in [1.82, 2.24) is 25.1 Å². The minimum atomic E-state index is -0.169. The number of carbonyl (C=O) groups excluding carboxylic acids is 1. The molecular weight excluding hydrogens is 368 g/mol. The van der Waals surface area contributed by atoms with Crippen LogP contribution < -0.4 is 15.4 Å². The van der Waals surface area contributed by atoms with Crippen LogP contribution in [0.25, 0.3) is 5.82 Å². The molecule has 0 aliphatic rings. The topological polar surface area (TPSA) is 94.0 Å². The van der Waals surface area contributed by atoms with Crippen molar-refractivity contribution in [3.05, 3.63) is 59.2 Å². The van der Waals surface area contributed by atoms with Gasteiger partial charge in [0.2, 0.25) is 0 Å². The summed E-state index contributed by atoms with van der Waals surface area (Å²) < 4.78 is 7.34. The van der Waals surface area contributed by atoms with Gasteiger partial charge in [-0.3, -0.25) is 4.79 Å². The van der Waals surface area contributed by atoms with Gasteiger partial charge in [-0.1, -0.05) is 18.2 Å². The SMILES string of the molecule is Cc1cc(C)n(-c2cc(NCCNC(=O)COc3ccccc3C)nc(C)n2)n1. The fourth-order valence-corrected chi connectivity index (χ4v) is 2.92. The molecule has 0 saturated carbocycles. The third-order valence-electron chi connectivity index (χ3n) is 4.26. The molecule has 0 unspecified atom stereocenters. The van der Waals surface area contributed by atoms with Gasteiger partial charge in [0.25, 0.3) is 5.91 Å². The molecule has 2 N–H and O–H groups in total. The Kier molecular flexibility index (Phi) is 6.43.